The summed E-state index contributed by atoms with van der Waals surface area (Å²) in [5.74, 6) is 0.929. The van der Waals surface area contributed by atoms with Crippen LogP contribution in [-0.4, -0.2) is 35.8 Å². The largest absolute Gasteiger partial charge is 0.486 e. The van der Waals surface area contributed by atoms with Crippen LogP contribution >= 0.6 is 12.4 Å². The summed E-state index contributed by atoms with van der Waals surface area (Å²) in [6.07, 6.45) is 1.49. The van der Waals surface area contributed by atoms with E-state index in [1.165, 1.54) is 6.20 Å². The van der Waals surface area contributed by atoms with Gasteiger partial charge >= 0.3 is 5.97 Å². The molecule has 0 aliphatic carbocycles. The highest BCUT2D eigenvalue weighted by atomic mass is 35.5. The number of fused-ring (bicyclic) bond motifs is 2. The van der Waals surface area contributed by atoms with Crippen molar-refractivity contribution in [2.45, 2.75) is 13.8 Å². The van der Waals surface area contributed by atoms with Gasteiger partial charge in [0.1, 0.15) is 18.8 Å². The highest BCUT2D eigenvalue weighted by Crippen LogP contribution is 2.35. The van der Waals surface area contributed by atoms with Crippen molar-refractivity contribution in [3.05, 3.63) is 47.8 Å². The molecule has 3 heterocycles. The number of pyridine rings is 2. The maximum atomic E-state index is 12.4. The molecule has 0 saturated heterocycles. The molecule has 3 aromatic rings. The molecule has 0 saturated carbocycles. The zero-order chi connectivity index (χ0) is 18.8. The van der Waals surface area contributed by atoms with Crippen LogP contribution in [0.25, 0.3) is 11.0 Å². The fourth-order valence-electron chi connectivity index (χ4n) is 2.94. The van der Waals surface area contributed by atoms with Crippen molar-refractivity contribution in [2.75, 3.05) is 25.1 Å². The van der Waals surface area contributed by atoms with Crippen molar-refractivity contribution in [3.63, 3.8) is 0 Å². The summed E-state index contributed by atoms with van der Waals surface area (Å²) in [6.45, 7) is 4.99. The third kappa shape index (κ3) is 3.80. The number of benzene rings is 1. The smallest absolute Gasteiger partial charge is 0.341 e. The van der Waals surface area contributed by atoms with Crippen LogP contribution in [0.5, 0.6) is 11.5 Å². The minimum absolute atomic E-state index is 0. The second kappa shape index (κ2) is 8.31. The van der Waals surface area contributed by atoms with Crippen LogP contribution in [0.2, 0.25) is 0 Å². The Kier molecular flexibility index (Phi) is 5.84. The first-order chi connectivity index (χ1) is 13.2. The second-order valence-corrected chi connectivity index (χ2v) is 6.07. The maximum absolute atomic E-state index is 12.4. The molecule has 0 amide bonds. The summed E-state index contributed by atoms with van der Waals surface area (Å²) >= 11 is 0. The van der Waals surface area contributed by atoms with E-state index < -0.39 is 5.97 Å². The van der Waals surface area contributed by atoms with E-state index in [1.54, 1.807) is 6.92 Å². The first kappa shape index (κ1) is 19.7. The van der Waals surface area contributed by atoms with Gasteiger partial charge in [0.25, 0.3) is 0 Å². The number of nitrogens with one attached hydrogen (secondary N) is 1. The number of ether oxygens (including phenoxy) is 3. The molecule has 1 aromatic carbocycles. The predicted molar refractivity (Wildman–Crippen MR) is 108 cm³/mol. The van der Waals surface area contributed by atoms with Crippen LogP contribution in [0, 0.1) is 6.92 Å². The standard InChI is InChI=1S/C20H19N3O4.ClH/c1-3-25-20(24)15-11-21-19-14(6-4-12(2)22-19)18(15)23-13-5-7-16-17(10-13)27-9-8-26-16;/h4-7,10-11H,3,8-9H2,1-2H3,(H,21,22,23);1H. The number of carbonyl (C=O) groups excluding carboxylic acids is 1. The number of nitrogens with zero attached hydrogens (tertiary/aromatic N) is 2. The summed E-state index contributed by atoms with van der Waals surface area (Å²) in [4.78, 5) is 21.2. The Labute approximate surface area is 168 Å². The number of halogens is 1. The number of aromatic nitrogens is 2. The van der Waals surface area contributed by atoms with Gasteiger partial charge in [-0.15, -0.1) is 12.4 Å². The molecule has 0 unspecified atom stereocenters. The van der Waals surface area contributed by atoms with Gasteiger partial charge in [-0.3, -0.25) is 0 Å². The van der Waals surface area contributed by atoms with E-state index in [2.05, 4.69) is 15.3 Å². The molecule has 1 N–H and O–H groups in total. The number of esters is 1. The van der Waals surface area contributed by atoms with Crippen molar-refractivity contribution < 1.29 is 19.0 Å². The zero-order valence-corrected chi connectivity index (χ0v) is 16.3. The highest BCUT2D eigenvalue weighted by Gasteiger charge is 2.19. The van der Waals surface area contributed by atoms with E-state index >= 15 is 0 Å². The van der Waals surface area contributed by atoms with Crippen LogP contribution in [0.3, 0.4) is 0 Å². The molecule has 1 aliphatic rings. The Bertz CT molecular complexity index is 1030. The number of hydrogen-bond acceptors (Lipinski definition) is 7. The summed E-state index contributed by atoms with van der Waals surface area (Å²) in [5, 5.41) is 4.05. The van der Waals surface area contributed by atoms with Gasteiger partial charge < -0.3 is 19.5 Å². The van der Waals surface area contributed by atoms with Crippen LogP contribution in [0.15, 0.2) is 36.5 Å². The fourth-order valence-corrected chi connectivity index (χ4v) is 2.94. The van der Waals surface area contributed by atoms with Crippen molar-refractivity contribution in [3.8, 4) is 11.5 Å². The molecule has 0 spiro atoms. The topological polar surface area (TPSA) is 82.6 Å². The van der Waals surface area contributed by atoms with Crippen LogP contribution in [0.4, 0.5) is 11.4 Å². The quantitative estimate of drug-likeness (QED) is 0.660. The lowest BCUT2D eigenvalue weighted by atomic mass is 10.1. The molecule has 4 rings (SSSR count). The minimum atomic E-state index is -0.437. The van der Waals surface area contributed by atoms with E-state index in [4.69, 9.17) is 14.2 Å². The second-order valence-electron chi connectivity index (χ2n) is 6.07. The number of anilines is 2. The van der Waals surface area contributed by atoms with Gasteiger partial charge in [-0.2, -0.15) is 0 Å². The molecular formula is C20H20ClN3O4. The third-order valence-corrected chi connectivity index (χ3v) is 4.18. The van der Waals surface area contributed by atoms with Crippen LogP contribution < -0.4 is 14.8 Å². The summed E-state index contributed by atoms with van der Waals surface area (Å²) in [7, 11) is 0. The summed E-state index contributed by atoms with van der Waals surface area (Å²) < 4.78 is 16.4. The minimum Gasteiger partial charge on any atom is -0.486 e. The number of rotatable bonds is 4. The summed E-state index contributed by atoms with van der Waals surface area (Å²) in [5.41, 5.74) is 3.12. The van der Waals surface area contributed by atoms with Crippen LogP contribution in [0.1, 0.15) is 23.0 Å². The lowest BCUT2D eigenvalue weighted by molar-refractivity contribution is 0.0527. The fraction of sp³-hybridized carbons (Fsp3) is 0.250. The SMILES string of the molecule is CCOC(=O)c1cnc2nc(C)ccc2c1Nc1ccc2c(c1)OCCO2.Cl. The lowest BCUT2D eigenvalue weighted by Crippen LogP contribution is -2.15. The molecule has 0 atom stereocenters. The Balaban J connectivity index is 0.00000225. The Morgan fingerprint density at radius 2 is 1.96 bits per heavy atom. The van der Waals surface area contributed by atoms with Gasteiger partial charge in [-0.05, 0) is 38.1 Å². The zero-order valence-electron chi connectivity index (χ0n) is 15.5. The number of aryl methyl sites for hydroxylation is 1. The summed E-state index contributed by atoms with van der Waals surface area (Å²) in [6, 6.07) is 9.34. The normalized spacial score (nSPS) is 12.2. The Hall–Kier alpha value is -3.06. The molecule has 1 aliphatic heterocycles. The van der Waals surface area contributed by atoms with E-state index in [1.807, 2.05) is 37.3 Å². The van der Waals surface area contributed by atoms with Gasteiger partial charge in [-0.25, -0.2) is 14.8 Å². The molecule has 28 heavy (non-hydrogen) atoms. The molecule has 146 valence electrons. The lowest BCUT2D eigenvalue weighted by Gasteiger charge is -2.20. The van der Waals surface area contributed by atoms with Crippen molar-refractivity contribution >= 4 is 40.8 Å². The molecule has 0 fully saturated rings. The average Bonchev–Trinajstić information content (AvgIpc) is 2.68. The molecule has 0 radical (unpaired) electrons. The first-order valence-corrected chi connectivity index (χ1v) is 8.76. The first-order valence-electron chi connectivity index (χ1n) is 8.76. The van der Waals surface area contributed by atoms with Crippen LogP contribution in [-0.2, 0) is 4.74 Å². The van der Waals surface area contributed by atoms with E-state index in [9.17, 15) is 4.79 Å². The van der Waals surface area contributed by atoms with Gasteiger partial charge in [0.2, 0.25) is 0 Å². The Morgan fingerprint density at radius 1 is 1.18 bits per heavy atom. The molecular weight excluding hydrogens is 382 g/mol. The van der Waals surface area contributed by atoms with Crippen molar-refractivity contribution in [1.82, 2.24) is 9.97 Å². The predicted octanol–water partition coefficient (Wildman–Crippen LogP) is 4.05. The molecule has 0 bridgehead atoms. The molecule has 2 aromatic heterocycles. The van der Waals surface area contributed by atoms with E-state index in [-0.39, 0.29) is 19.0 Å². The van der Waals surface area contributed by atoms with E-state index in [0.29, 0.717) is 41.6 Å². The van der Waals surface area contributed by atoms with Gasteiger partial charge in [0.15, 0.2) is 17.1 Å². The van der Waals surface area contributed by atoms with Gasteiger partial charge in [-0.1, -0.05) is 0 Å². The number of carbonyl (C=O) groups is 1. The highest BCUT2D eigenvalue weighted by molar-refractivity contribution is 6.05. The van der Waals surface area contributed by atoms with E-state index in [0.717, 1.165) is 16.8 Å². The van der Waals surface area contributed by atoms with Gasteiger partial charge in [0, 0.05) is 29.0 Å². The number of hydrogen-bond donors (Lipinski definition) is 1. The maximum Gasteiger partial charge on any atom is 0.341 e. The average molecular weight is 402 g/mol. The van der Waals surface area contributed by atoms with Crippen molar-refractivity contribution in [1.29, 1.82) is 0 Å². The monoisotopic (exact) mass is 401 g/mol. The van der Waals surface area contributed by atoms with Crippen molar-refractivity contribution in [2.24, 2.45) is 0 Å². The Morgan fingerprint density at radius 3 is 2.75 bits per heavy atom. The van der Waals surface area contributed by atoms with Gasteiger partial charge in [0.05, 0.1) is 12.3 Å². The molecule has 8 heteroatoms. The third-order valence-electron chi connectivity index (χ3n) is 4.18. The molecule has 7 nitrogen and oxygen atoms in total.